The number of hydrogen-bond acceptors (Lipinski definition) is 5. The maximum atomic E-state index is 12.6. The van der Waals surface area contributed by atoms with Crippen molar-refractivity contribution < 1.29 is 13.2 Å². The number of amides is 1. The molecule has 1 aliphatic rings. The second-order valence-corrected chi connectivity index (χ2v) is 9.30. The van der Waals surface area contributed by atoms with Gasteiger partial charge in [0.15, 0.2) is 5.13 Å². The van der Waals surface area contributed by atoms with Gasteiger partial charge in [0.25, 0.3) is 5.91 Å². The summed E-state index contributed by atoms with van der Waals surface area (Å²) < 4.78 is 26.4. The Kier molecular flexibility index (Phi) is 4.95. The minimum atomic E-state index is -3.63. The van der Waals surface area contributed by atoms with Crippen molar-refractivity contribution in [2.24, 2.45) is 0 Å². The molecular weight excluding hydrogens is 358 g/mol. The van der Waals surface area contributed by atoms with Crippen LogP contribution in [0.3, 0.4) is 0 Å². The zero-order chi connectivity index (χ0) is 18.2. The van der Waals surface area contributed by atoms with Gasteiger partial charge in [-0.15, -0.1) is 11.3 Å². The molecule has 8 heteroatoms. The van der Waals surface area contributed by atoms with Crippen LogP contribution < -0.4 is 5.32 Å². The van der Waals surface area contributed by atoms with E-state index in [4.69, 9.17) is 0 Å². The standard InChI is InChI=1S/C17H21N3O3S2/c1-11(2)20(3)25(22,23)14-6-4-5-13(9-14)16(21)19-17-18-15(10-24-17)12-7-8-12/h4-6,9-12H,7-8H2,1-3H3,(H,18,19,21). The number of anilines is 1. The van der Waals surface area contributed by atoms with Crippen LogP contribution in [0.2, 0.25) is 0 Å². The number of hydrogen-bond donors (Lipinski definition) is 1. The van der Waals surface area contributed by atoms with Crippen LogP contribution in [0.4, 0.5) is 5.13 Å². The lowest BCUT2D eigenvalue weighted by Gasteiger charge is -2.21. The van der Waals surface area contributed by atoms with E-state index in [2.05, 4.69) is 10.3 Å². The first-order valence-electron chi connectivity index (χ1n) is 8.14. The molecule has 3 rings (SSSR count). The van der Waals surface area contributed by atoms with E-state index in [1.807, 2.05) is 5.38 Å². The Morgan fingerprint density at radius 1 is 1.36 bits per heavy atom. The number of nitrogens with one attached hydrogen (secondary N) is 1. The lowest BCUT2D eigenvalue weighted by Crippen LogP contribution is -2.33. The van der Waals surface area contributed by atoms with Crippen molar-refractivity contribution in [3.8, 4) is 0 Å². The van der Waals surface area contributed by atoms with E-state index in [0.717, 1.165) is 18.5 Å². The summed E-state index contributed by atoms with van der Waals surface area (Å²) in [5.74, 6) is 0.169. The first-order chi connectivity index (χ1) is 11.8. The number of carbonyl (C=O) groups is 1. The second-order valence-electron chi connectivity index (χ2n) is 6.45. The Bertz CT molecular complexity index is 886. The van der Waals surface area contributed by atoms with E-state index >= 15 is 0 Å². The van der Waals surface area contributed by atoms with Gasteiger partial charge in [-0.2, -0.15) is 4.31 Å². The number of thiazole rings is 1. The third-order valence-electron chi connectivity index (χ3n) is 4.24. The lowest BCUT2D eigenvalue weighted by atomic mass is 10.2. The highest BCUT2D eigenvalue weighted by Gasteiger charge is 2.27. The molecule has 1 aliphatic carbocycles. The van der Waals surface area contributed by atoms with Gasteiger partial charge in [-0.25, -0.2) is 13.4 Å². The van der Waals surface area contributed by atoms with Crippen molar-refractivity contribution >= 4 is 32.4 Å². The normalized spacial score (nSPS) is 14.9. The summed E-state index contributed by atoms with van der Waals surface area (Å²) in [4.78, 5) is 17.0. The second kappa shape index (κ2) is 6.86. The Labute approximate surface area is 151 Å². The molecule has 0 radical (unpaired) electrons. The maximum absolute atomic E-state index is 12.6. The number of rotatable bonds is 6. The molecule has 1 heterocycles. The minimum Gasteiger partial charge on any atom is -0.298 e. The van der Waals surface area contributed by atoms with E-state index in [1.54, 1.807) is 26.0 Å². The molecular formula is C17H21N3O3S2. The predicted octanol–water partition coefficient (Wildman–Crippen LogP) is 3.30. The molecule has 25 heavy (non-hydrogen) atoms. The van der Waals surface area contributed by atoms with Crippen LogP contribution in [-0.2, 0) is 10.0 Å². The molecule has 0 spiro atoms. The largest absolute Gasteiger partial charge is 0.298 e. The van der Waals surface area contributed by atoms with E-state index in [0.29, 0.717) is 16.6 Å². The third kappa shape index (κ3) is 3.91. The Morgan fingerprint density at radius 2 is 2.08 bits per heavy atom. The molecule has 1 saturated carbocycles. The van der Waals surface area contributed by atoms with E-state index in [9.17, 15) is 13.2 Å². The van der Waals surface area contributed by atoms with Crippen LogP contribution in [-0.4, -0.2) is 36.7 Å². The van der Waals surface area contributed by atoms with Crippen LogP contribution in [0, 0.1) is 0 Å². The van der Waals surface area contributed by atoms with Crippen molar-refractivity contribution in [1.82, 2.24) is 9.29 Å². The van der Waals surface area contributed by atoms with Crippen LogP contribution in [0.25, 0.3) is 0 Å². The Hall–Kier alpha value is -1.77. The van der Waals surface area contributed by atoms with Gasteiger partial charge in [-0.3, -0.25) is 10.1 Å². The van der Waals surface area contributed by atoms with Crippen molar-refractivity contribution in [2.75, 3.05) is 12.4 Å². The highest BCUT2D eigenvalue weighted by atomic mass is 32.2. The molecule has 0 aliphatic heterocycles. The number of carbonyl (C=O) groups excluding carboxylic acids is 1. The van der Waals surface area contributed by atoms with Gasteiger partial charge in [-0.1, -0.05) is 6.07 Å². The molecule has 0 saturated heterocycles. The molecule has 1 aromatic heterocycles. The lowest BCUT2D eigenvalue weighted by molar-refractivity contribution is 0.102. The van der Waals surface area contributed by atoms with Gasteiger partial charge in [-0.05, 0) is 44.9 Å². The van der Waals surface area contributed by atoms with Crippen LogP contribution in [0.1, 0.15) is 48.7 Å². The highest BCUT2D eigenvalue weighted by molar-refractivity contribution is 7.89. The van der Waals surface area contributed by atoms with Gasteiger partial charge < -0.3 is 0 Å². The summed E-state index contributed by atoms with van der Waals surface area (Å²) in [6, 6.07) is 5.91. The van der Waals surface area contributed by atoms with Gasteiger partial charge in [0.05, 0.1) is 10.6 Å². The SMILES string of the molecule is CC(C)N(C)S(=O)(=O)c1cccc(C(=O)Nc2nc(C3CC3)cs2)c1. The summed E-state index contributed by atoms with van der Waals surface area (Å²) in [6.45, 7) is 3.60. The fraction of sp³-hybridized carbons (Fsp3) is 0.412. The predicted molar refractivity (Wildman–Crippen MR) is 98.6 cm³/mol. The van der Waals surface area contributed by atoms with Crippen molar-refractivity contribution in [1.29, 1.82) is 0 Å². The van der Waals surface area contributed by atoms with E-state index in [1.165, 1.54) is 34.8 Å². The topological polar surface area (TPSA) is 79.4 Å². The first-order valence-corrected chi connectivity index (χ1v) is 10.5. The highest BCUT2D eigenvalue weighted by Crippen LogP contribution is 2.40. The summed E-state index contributed by atoms with van der Waals surface area (Å²) >= 11 is 1.39. The molecule has 0 unspecified atom stereocenters. The quantitative estimate of drug-likeness (QED) is 0.835. The molecule has 0 atom stereocenters. The van der Waals surface area contributed by atoms with Crippen molar-refractivity contribution in [3.05, 3.63) is 40.9 Å². The zero-order valence-corrected chi connectivity index (χ0v) is 16.0. The number of nitrogens with zero attached hydrogens (tertiary/aromatic N) is 2. The summed E-state index contributed by atoms with van der Waals surface area (Å²) in [7, 11) is -2.10. The molecule has 1 aromatic carbocycles. The molecule has 1 N–H and O–H groups in total. The number of aromatic nitrogens is 1. The van der Waals surface area contributed by atoms with E-state index in [-0.39, 0.29) is 16.8 Å². The first kappa shape index (κ1) is 18.0. The average Bonchev–Trinajstić information content (AvgIpc) is 3.34. The summed E-state index contributed by atoms with van der Waals surface area (Å²) in [6.07, 6.45) is 2.31. The minimum absolute atomic E-state index is 0.106. The number of benzene rings is 1. The van der Waals surface area contributed by atoms with Gasteiger partial charge in [0, 0.05) is 30.0 Å². The molecule has 6 nitrogen and oxygen atoms in total. The van der Waals surface area contributed by atoms with Crippen molar-refractivity contribution in [3.63, 3.8) is 0 Å². The van der Waals surface area contributed by atoms with E-state index < -0.39 is 10.0 Å². The molecule has 1 fully saturated rings. The van der Waals surface area contributed by atoms with Gasteiger partial charge in [0.1, 0.15) is 0 Å². The summed E-state index contributed by atoms with van der Waals surface area (Å²) in [5, 5.41) is 5.26. The monoisotopic (exact) mass is 379 g/mol. The summed E-state index contributed by atoms with van der Waals surface area (Å²) in [5.41, 5.74) is 1.32. The molecule has 2 aromatic rings. The Balaban J connectivity index is 1.79. The smallest absolute Gasteiger partial charge is 0.257 e. The fourth-order valence-corrected chi connectivity index (χ4v) is 4.52. The van der Waals surface area contributed by atoms with Crippen LogP contribution in [0.5, 0.6) is 0 Å². The van der Waals surface area contributed by atoms with Gasteiger partial charge in [0.2, 0.25) is 10.0 Å². The Morgan fingerprint density at radius 3 is 2.72 bits per heavy atom. The third-order valence-corrected chi connectivity index (χ3v) is 7.04. The van der Waals surface area contributed by atoms with Crippen molar-refractivity contribution in [2.45, 2.75) is 43.5 Å². The van der Waals surface area contributed by atoms with Crippen LogP contribution in [0.15, 0.2) is 34.5 Å². The fourth-order valence-electron chi connectivity index (χ4n) is 2.32. The van der Waals surface area contributed by atoms with Gasteiger partial charge >= 0.3 is 0 Å². The average molecular weight is 380 g/mol. The maximum Gasteiger partial charge on any atom is 0.257 e. The zero-order valence-electron chi connectivity index (χ0n) is 14.4. The molecule has 0 bridgehead atoms. The number of sulfonamides is 1. The molecule has 134 valence electrons. The van der Waals surface area contributed by atoms with Crippen LogP contribution >= 0.6 is 11.3 Å². The molecule has 1 amide bonds.